The molecule has 1 aromatic heterocycles. The molecule has 106 valence electrons. The summed E-state index contributed by atoms with van der Waals surface area (Å²) in [7, 11) is 0. The van der Waals surface area contributed by atoms with E-state index in [1.54, 1.807) is 24.3 Å². The summed E-state index contributed by atoms with van der Waals surface area (Å²) < 4.78 is 19.1. The first-order chi connectivity index (χ1) is 10.1. The average Bonchev–Trinajstić information content (AvgIpc) is 2.90. The maximum atomic E-state index is 13.0. The lowest BCUT2D eigenvalue weighted by atomic mass is 10.2. The van der Waals surface area contributed by atoms with Gasteiger partial charge in [0.1, 0.15) is 22.1 Å². The molecule has 3 rings (SSSR count). The number of rotatable bonds is 4. The van der Waals surface area contributed by atoms with E-state index in [-0.39, 0.29) is 5.82 Å². The molecule has 0 atom stereocenters. The maximum Gasteiger partial charge on any atom is 0.341 e. The largest absolute Gasteiger partial charge is 0.480 e. The number of aromatic nitrogens is 1. The molecule has 6 heteroatoms. The summed E-state index contributed by atoms with van der Waals surface area (Å²) >= 11 is 1.44. The number of halogens is 1. The Labute approximate surface area is 123 Å². The molecule has 0 aliphatic rings. The highest BCUT2D eigenvalue weighted by atomic mass is 32.1. The van der Waals surface area contributed by atoms with Gasteiger partial charge in [0.25, 0.3) is 0 Å². The Morgan fingerprint density at radius 1 is 1.24 bits per heavy atom. The summed E-state index contributed by atoms with van der Waals surface area (Å²) in [4.78, 5) is 15.1. The number of ether oxygens (including phenoxy) is 1. The Balaban J connectivity index is 2.01. The van der Waals surface area contributed by atoms with E-state index in [0.717, 1.165) is 15.3 Å². The topological polar surface area (TPSA) is 59.4 Å². The van der Waals surface area contributed by atoms with Gasteiger partial charge in [-0.3, -0.25) is 0 Å². The monoisotopic (exact) mass is 303 g/mol. The smallest absolute Gasteiger partial charge is 0.341 e. The van der Waals surface area contributed by atoms with E-state index in [2.05, 4.69) is 4.98 Å². The van der Waals surface area contributed by atoms with E-state index < -0.39 is 12.6 Å². The number of carbonyl (C=O) groups is 1. The second-order valence-electron chi connectivity index (χ2n) is 4.31. The minimum atomic E-state index is -1.04. The molecule has 0 amide bonds. The van der Waals surface area contributed by atoms with Crippen LogP contribution in [0, 0.1) is 5.82 Å². The second-order valence-corrected chi connectivity index (χ2v) is 5.34. The van der Waals surface area contributed by atoms with Crippen LogP contribution in [0.15, 0.2) is 42.5 Å². The summed E-state index contributed by atoms with van der Waals surface area (Å²) in [5.74, 6) is -0.911. The van der Waals surface area contributed by atoms with Crippen molar-refractivity contribution in [1.29, 1.82) is 0 Å². The molecule has 0 aliphatic carbocycles. The number of carboxylic acid groups (broad SMARTS) is 1. The standard InChI is InChI=1S/C15H10FNO3S/c16-10-6-4-9(5-7-10)15-17-14-11(20-8-13(18)19)2-1-3-12(14)21-15/h1-7H,8H2,(H,18,19). The van der Waals surface area contributed by atoms with Crippen molar-refractivity contribution in [2.24, 2.45) is 0 Å². The SMILES string of the molecule is O=C(O)COc1cccc2sc(-c3ccc(F)cc3)nc12. The molecule has 0 saturated heterocycles. The van der Waals surface area contributed by atoms with Crippen molar-refractivity contribution in [2.75, 3.05) is 6.61 Å². The zero-order valence-corrected chi connectivity index (χ0v) is 11.6. The highest BCUT2D eigenvalue weighted by molar-refractivity contribution is 7.21. The fourth-order valence-corrected chi connectivity index (χ4v) is 2.88. The van der Waals surface area contributed by atoms with Crippen molar-refractivity contribution in [3.8, 4) is 16.3 Å². The van der Waals surface area contributed by atoms with Crippen molar-refractivity contribution in [1.82, 2.24) is 4.98 Å². The molecule has 0 saturated carbocycles. The van der Waals surface area contributed by atoms with Crippen LogP contribution >= 0.6 is 11.3 Å². The normalized spacial score (nSPS) is 10.7. The zero-order chi connectivity index (χ0) is 14.8. The first-order valence-corrected chi connectivity index (χ1v) is 6.95. The molecule has 1 N–H and O–H groups in total. The summed E-state index contributed by atoms with van der Waals surface area (Å²) in [6.07, 6.45) is 0. The number of fused-ring (bicyclic) bond motifs is 1. The second kappa shape index (κ2) is 5.49. The first kappa shape index (κ1) is 13.5. The molecule has 1 heterocycles. The Morgan fingerprint density at radius 3 is 2.71 bits per heavy atom. The van der Waals surface area contributed by atoms with Crippen LogP contribution < -0.4 is 4.74 Å². The van der Waals surface area contributed by atoms with Gasteiger partial charge in [-0.25, -0.2) is 14.2 Å². The fourth-order valence-electron chi connectivity index (χ4n) is 1.90. The van der Waals surface area contributed by atoms with Crippen LogP contribution in [0.25, 0.3) is 20.8 Å². The number of carboxylic acids is 1. The van der Waals surface area contributed by atoms with E-state index in [1.807, 2.05) is 6.07 Å². The Morgan fingerprint density at radius 2 is 2.00 bits per heavy atom. The molecular formula is C15H10FNO3S. The molecular weight excluding hydrogens is 293 g/mol. The van der Waals surface area contributed by atoms with Gasteiger partial charge >= 0.3 is 5.97 Å². The van der Waals surface area contributed by atoms with Crippen molar-refractivity contribution in [2.45, 2.75) is 0 Å². The minimum Gasteiger partial charge on any atom is -0.480 e. The van der Waals surface area contributed by atoms with Gasteiger partial charge in [-0.05, 0) is 36.4 Å². The summed E-state index contributed by atoms with van der Waals surface area (Å²) in [6.45, 7) is -0.414. The highest BCUT2D eigenvalue weighted by Crippen LogP contribution is 2.34. The van der Waals surface area contributed by atoms with Gasteiger partial charge in [-0.15, -0.1) is 11.3 Å². The minimum absolute atomic E-state index is 0.301. The number of thiazole rings is 1. The first-order valence-electron chi connectivity index (χ1n) is 6.13. The molecule has 2 aromatic carbocycles. The van der Waals surface area contributed by atoms with E-state index in [1.165, 1.54) is 23.5 Å². The average molecular weight is 303 g/mol. The number of aliphatic carboxylic acids is 1. The quantitative estimate of drug-likeness (QED) is 0.800. The van der Waals surface area contributed by atoms with Gasteiger partial charge in [-0.1, -0.05) is 6.07 Å². The van der Waals surface area contributed by atoms with E-state index in [0.29, 0.717) is 11.3 Å². The van der Waals surface area contributed by atoms with Crippen LogP contribution in [0.5, 0.6) is 5.75 Å². The molecule has 4 nitrogen and oxygen atoms in total. The number of para-hydroxylation sites is 1. The molecule has 0 radical (unpaired) electrons. The van der Waals surface area contributed by atoms with Crippen molar-refractivity contribution in [3.63, 3.8) is 0 Å². The lowest BCUT2D eigenvalue weighted by Gasteiger charge is -2.02. The molecule has 0 spiro atoms. The molecule has 0 unspecified atom stereocenters. The molecule has 0 fully saturated rings. The molecule has 0 aliphatic heterocycles. The van der Waals surface area contributed by atoms with E-state index >= 15 is 0 Å². The number of nitrogens with zero attached hydrogens (tertiary/aromatic N) is 1. The van der Waals surface area contributed by atoms with Crippen molar-refractivity contribution in [3.05, 3.63) is 48.3 Å². The number of hydrogen-bond acceptors (Lipinski definition) is 4. The van der Waals surface area contributed by atoms with Gasteiger partial charge in [0.2, 0.25) is 0 Å². The van der Waals surface area contributed by atoms with E-state index in [9.17, 15) is 9.18 Å². The van der Waals surface area contributed by atoms with Gasteiger partial charge in [0, 0.05) is 5.56 Å². The Hall–Kier alpha value is -2.47. The summed E-state index contributed by atoms with van der Waals surface area (Å²) in [5, 5.41) is 9.41. The van der Waals surface area contributed by atoms with Crippen LogP contribution in [0.2, 0.25) is 0 Å². The Bertz CT molecular complexity index is 798. The van der Waals surface area contributed by atoms with Crippen molar-refractivity contribution < 1.29 is 19.0 Å². The third-order valence-corrected chi connectivity index (χ3v) is 3.89. The maximum absolute atomic E-state index is 13.0. The van der Waals surface area contributed by atoms with Gasteiger partial charge < -0.3 is 9.84 Å². The van der Waals surface area contributed by atoms with Crippen LogP contribution in [0.1, 0.15) is 0 Å². The number of benzene rings is 2. The van der Waals surface area contributed by atoms with Gasteiger partial charge in [-0.2, -0.15) is 0 Å². The predicted molar refractivity (Wildman–Crippen MR) is 78.1 cm³/mol. The van der Waals surface area contributed by atoms with E-state index in [4.69, 9.17) is 9.84 Å². The fraction of sp³-hybridized carbons (Fsp3) is 0.0667. The molecule has 3 aromatic rings. The zero-order valence-electron chi connectivity index (χ0n) is 10.7. The van der Waals surface area contributed by atoms with Crippen molar-refractivity contribution >= 4 is 27.5 Å². The molecule has 21 heavy (non-hydrogen) atoms. The molecule has 0 bridgehead atoms. The van der Waals surface area contributed by atoms with Crippen LogP contribution in [-0.2, 0) is 4.79 Å². The Kier molecular flexibility index (Phi) is 3.53. The van der Waals surface area contributed by atoms with Crippen LogP contribution in [-0.4, -0.2) is 22.7 Å². The van der Waals surface area contributed by atoms with Gasteiger partial charge in [0.15, 0.2) is 6.61 Å². The third kappa shape index (κ3) is 2.85. The third-order valence-electron chi connectivity index (χ3n) is 2.82. The predicted octanol–water partition coefficient (Wildman–Crippen LogP) is 3.57. The summed E-state index contributed by atoms with van der Waals surface area (Å²) in [6, 6.07) is 11.4. The van der Waals surface area contributed by atoms with Gasteiger partial charge in [0.05, 0.1) is 4.70 Å². The van der Waals surface area contributed by atoms with Crippen LogP contribution in [0.3, 0.4) is 0 Å². The summed E-state index contributed by atoms with van der Waals surface area (Å²) in [5.41, 5.74) is 1.42. The number of hydrogen-bond donors (Lipinski definition) is 1. The van der Waals surface area contributed by atoms with Crippen LogP contribution in [0.4, 0.5) is 4.39 Å². The lowest BCUT2D eigenvalue weighted by molar-refractivity contribution is -0.139. The lowest BCUT2D eigenvalue weighted by Crippen LogP contribution is -2.09. The highest BCUT2D eigenvalue weighted by Gasteiger charge is 2.11.